The highest BCUT2D eigenvalue weighted by molar-refractivity contribution is 9.10. The molecule has 2 aromatic carbocycles. The van der Waals surface area contributed by atoms with Gasteiger partial charge in [-0.15, -0.1) is 0 Å². The van der Waals surface area contributed by atoms with Gasteiger partial charge < -0.3 is 15.0 Å². The minimum atomic E-state index is 0.620. The third kappa shape index (κ3) is 5.77. The van der Waals surface area contributed by atoms with Crippen molar-refractivity contribution in [1.29, 1.82) is 0 Å². The van der Waals surface area contributed by atoms with Crippen molar-refractivity contribution in [2.45, 2.75) is 13.1 Å². The molecule has 1 heterocycles. The van der Waals surface area contributed by atoms with Crippen LogP contribution in [0.5, 0.6) is 5.75 Å². The number of methoxy groups -OCH3 is 1. The second kappa shape index (κ2) is 9.48. The number of thiocarbonyl (C=S) groups is 1. The summed E-state index contributed by atoms with van der Waals surface area (Å²) in [5.74, 6) is 0.839. The second-order valence-electron chi connectivity index (χ2n) is 5.96. The van der Waals surface area contributed by atoms with E-state index < -0.39 is 0 Å². The molecule has 6 heteroatoms. The monoisotopic (exact) mass is 441 g/mol. The Morgan fingerprint density at radius 2 is 1.78 bits per heavy atom. The van der Waals surface area contributed by atoms with Gasteiger partial charge in [-0.1, -0.05) is 34.1 Å². The average Bonchev–Trinajstić information content (AvgIpc) is 2.70. The van der Waals surface area contributed by atoms with Crippen molar-refractivity contribution >= 4 is 38.9 Å². The molecule has 0 atom stereocenters. The number of halogens is 1. The molecule has 4 nitrogen and oxygen atoms in total. The summed E-state index contributed by atoms with van der Waals surface area (Å²) in [5.41, 5.74) is 3.06. The van der Waals surface area contributed by atoms with Crippen molar-refractivity contribution in [1.82, 2.24) is 9.88 Å². The minimum Gasteiger partial charge on any atom is -0.497 e. The Morgan fingerprint density at radius 3 is 2.41 bits per heavy atom. The summed E-state index contributed by atoms with van der Waals surface area (Å²) in [4.78, 5) is 6.53. The molecule has 3 aromatic rings. The highest BCUT2D eigenvalue weighted by Crippen LogP contribution is 2.18. The van der Waals surface area contributed by atoms with E-state index in [1.165, 1.54) is 0 Å². The number of hydrogen-bond donors (Lipinski definition) is 1. The van der Waals surface area contributed by atoms with Crippen LogP contribution >= 0.6 is 28.1 Å². The van der Waals surface area contributed by atoms with Crippen LogP contribution in [0, 0.1) is 0 Å². The average molecular weight is 442 g/mol. The van der Waals surface area contributed by atoms with Gasteiger partial charge in [0, 0.05) is 22.9 Å². The van der Waals surface area contributed by atoms with Crippen molar-refractivity contribution in [3.63, 3.8) is 0 Å². The number of anilines is 1. The van der Waals surface area contributed by atoms with Crippen LogP contribution in [0.25, 0.3) is 0 Å². The third-order valence-electron chi connectivity index (χ3n) is 3.99. The molecule has 0 radical (unpaired) electrons. The lowest BCUT2D eigenvalue weighted by Crippen LogP contribution is -2.34. The number of pyridine rings is 1. The number of hydrogen-bond acceptors (Lipinski definition) is 3. The van der Waals surface area contributed by atoms with Crippen LogP contribution in [0.3, 0.4) is 0 Å². The first-order valence-corrected chi connectivity index (χ1v) is 9.68. The predicted octanol–water partition coefficient (Wildman–Crippen LogP) is 5.25. The zero-order chi connectivity index (χ0) is 19.1. The molecule has 0 bridgehead atoms. The lowest BCUT2D eigenvalue weighted by atomic mass is 10.2. The van der Waals surface area contributed by atoms with Gasteiger partial charge in [0.25, 0.3) is 0 Å². The van der Waals surface area contributed by atoms with E-state index in [4.69, 9.17) is 17.0 Å². The fourth-order valence-corrected chi connectivity index (χ4v) is 3.09. The van der Waals surface area contributed by atoms with E-state index in [9.17, 15) is 0 Å². The molecule has 0 amide bonds. The van der Waals surface area contributed by atoms with E-state index in [0.29, 0.717) is 18.2 Å². The maximum atomic E-state index is 5.69. The summed E-state index contributed by atoms with van der Waals surface area (Å²) in [6.07, 6.45) is 1.80. The summed E-state index contributed by atoms with van der Waals surface area (Å²) in [5, 5.41) is 3.97. The van der Waals surface area contributed by atoms with E-state index >= 15 is 0 Å². The maximum absolute atomic E-state index is 5.69. The molecule has 0 saturated heterocycles. The number of nitrogens with one attached hydrogen (secondary N) is 1. The number of aromatic nitrogens is 1. The van der Waals surface area contributed by atoms with E-state index in [-0.39, 0.29) is 0 Å². The van der Waals surface area contributed by atoms with Crippen LogP contribution in [0.4, 0.5) is 5.69 Å². The summed E-state index contributed by atoms with van der Waals surface area (Å²) in [6.45, 7) is 1.29. The molecule has 3 rings (SSSR count). The van der Waals surface area contributed by atoms with Gasteiger partial charge in [0.15, 0.2) is 5.11 Å². The third-order valence-corrected chi connectivity index (χ3v) is 4.88. The Morgan fingerprint density at radius 1 is 1.04 bits per heavy atom. The summed E-state index contributed by atoms with van der Waals surface area (Å²) in [6, 6.07) is 21.9. The van der Waals surface area contributed by atoms with Gasteiger partial charge in [-0.3, -0.25) is 4.98 Å². The summed E-state index contributed by atoms with van der Waals surface area (Å²) < 4.78 is 6.27. The summed E-state index contributed by atoms with van der Waals surface area (Å²) in [7, 11) is 1.67. The molecule has 0 spiro atoms. The van der Waals surface area contributed by atoms with E-state index in [1.54, 1.807) is 13.3 Å². The minimum absolute atomic E-state index is 0.620. The molecule has 0 aliphatic carbocycles. The highest BCUT2D eigenvalue weighted by atomic mass is 79.9. The molecule has 27 heavy (non-hydrogen) atoms. The van der Waals surface area contributed by atoms with Gasteiger partial charge in [0.2, 0.25) is 0 Å². The molecule has 0 unspecified atom stereocenters. The van der Waals surface area contributed by atoms with E-state index in [2.05, 4.69) is 31.1 Å². The van der Waals surface area contributed by atoms with Gasteiger partial charge >= 0.3 is 0 Å². The first kappa shape index (κ1) is 19.3. The lowest BCUT2D eigenvalue weighted by molar-refractivity contribution is 0.403. The van der Waals surface area contributed by atoms with Gasteiger partial charge in [0.1, 0.15) is 5.75 Å². The number of benzene rings is 2. The Labute approximate surface area is 173 Å². The van der Waals surface area contributed by atoms with Gasteiger partial charge in [-0.25, -0.2) is 0 Å². The SMILES string of the molecule is COc1ccc(CN(Cc2ccccn2)C(=S)Nc2ccc(Br)cc2)cc1. The predicted molar refractivity (Wildman–Crippen MR) is 117 cm³/mol. The standard InChI is InChI=1S/C21H20BrN3OS/c1-26-20-11-5-16(6-12-20)14-25(15-19-4-2-3-13-23-19)21(27)24-18-9-7-17(22)8-10-18/h2-13H,14-15H2,1H3,(H,24,27). The van der Waals surface area contributed by atoms with Gasteiger partial charge in [0.05, 0.1) is 19.3 Å². The highest BCUT2D eigenvalue weighted by Gasteiger charge is 2.12. The molecule has 1 N–H and O–H groups in total. The number of nitrogens with zero attached hydrogens (tertiary/aromatic N) is 2. The molecule has 1 aromatic heterocycles. The zero-order valence-corrected chi connectivity index (χ0v) is 17.3. The van der Waals surface area contributed by atoms with E-state index in [0.717, 1.165) is 27.2 Å². The fraction of sp³-hybridized carbons (Fsp3) is 0.143. The fourth-order valence-electron chi connectivity index (χ4n) is 2.57. The molecule has 0 aliphatic heterocycles. The van der Waals surface area contributed by atoms with Gasteiger partial charge in [-0.05, 0) is 66.3 Å². The van der Waals surface area contributed by atoms with Crippen molar-refractivity contribution in [2.75, 3.05) is 12.4 Å². The smallest absolute Gasteiger partial charge is 0.174 e. The molecule has 138 valence electrons. The maximum Gasteiger partial charge on any atom is 0.174 e. The lowest BCUT2D eigenvalue weighted by Gasteiger charge is -2.26. The number of ether oxygens (including phenoxy) is 1. The molecule has 0 saturated carbocycles. The van der Waals surface area contributed by atoms with Crippen molar-refractivity contribution in [3.05, 3.63) is 88.7 Å². The van der Waals surface area contributed by atoms with Crippen LogP contribution in [0.2, 0.25) is 0 Å². The normalized spacial score (nSPS) is 10.3. The van der Waals surface area contributed by atoms with Crippen LogP contribution in [-0.4, -0.2) is 22.1 Å². The quantitative estimate of drug-likeness (QED) is 0.528. The molecule has 0 fully saturated rings. The molecular formula is C21H20BrN3OS. The van der Waals surface area contributed by atoms with Crippen LogP contribution in [0.15, 0.2) is 77.4 Å². The van der Waals surface area contributed by atoms with Crippen molar-refractivity contribution in [2.24, 2.45) is 0 Å². The van der Waals surface area contributed by atoms with Crippen molar-refractivity contribution in [3.8, 4) is 5.75 Å². The Balaban J connectivity index is 1.77. The Kier molecular flexibility index (Phi) is 6.79. The first-order valence-electron chi connectivity index (χ1n) is 8.48. The Bertz CT molecular complexity index is 870. The topological polar surface area (TPSA) is 37.4 Å². The van der Waals surface area contributed by atoms with E-state index in [1.807, 2.05) is 66.7 Å². The largest absolute Gasteiger partial charge is 0.497 e. The Hall–Kier alpha value is -2.44. The molecule has 0 aliphatic rings. The van der Waals surface area contributed by atoms with Crippen LogP contribution < -0.4 is 10.1 Å². The van der Waals surface area contributed by atoms with Crippen LogP contribution in [0.1, 0.15) is 11.3 Å². The second-order valence-corrected chi connectivity index (χ2v) is 7.26. The van der Waals surface area contributed by atoms with Gasteiger partial charge in [-0.2, -0.15) is 0 Å². The van der Waals surface area contributed by atoms with Crippen molar-refractivity contribution < 1.29 is 4.74 Å². The first-order chi connectivity index (χ1) is 13.1. The number of rotatable bonds is 6. The summed E-state index contributed by atoms with van der Waals surface area (Å²) >= 11 is 9.14. The molecular weight excluding hydrogens is 422 g/mol. The van der Waals surface area contributed by atoms with Crippen LogP contribution in [-0.2, 0) is 13.1 Å². The zero-order valence-electron chi connectivity index (χ0n) is 14.9.